The van der Waals surface area contributed by atoms with Crippen LogP contribution in [0.2, 0.25) is 0 Å². The van der Waals surface area contributed by atoms with E-state index in [0.29, 0.717) is 29.8 Å². The molecule has 0 spiro atoms. The summed E-state index contributed by atoms with van der Waals surface area (Å²) < 4.78 is 48.9. The van der Waals surface area contributed by atoms with Crippen LogP contribution < -0.4 is 4.74 Å². The number of benzene rings is 1. The molecule has 0 saturated heterocycles. The molecule has 1 aromatic carbocycles. The van der Waals surface area contributed by atoms with Gasteiger partial charge < -0.3 is 14.1 Å². The number of aryl methyl sites for hydroxylation is 2. The highest BCUT2D eigenvalue weighted by Crippen LogP contribution is 2.29. The van der Waals surface area contributed by atoms with Crippen molar-refractivity contribution in [1.29, 1.82) is 0 Å². The molecule has 11 heteroatoms. The highest BCUT2D eigenvalue weighted by atomic mass is 19.4. The zero-order valence-electron chi connectivity index (χ0n) is 18.0. The van der Waals surface area contributed by atoms with Gasteiger partial charge in [-0.05, 0) is 32.4 Å². The topological polar surface area (TPSA) is 94.2 Å². The largest absolute Gasteiger partial charge is 0.474 e. The second-order valence-electron chi connectivity index (χ2n) is 7.11. The van der Waals surface area contributed by atoms with Crippen molar-refractivity contribution < 1.29 is 27.1 Å². The molecule has 1 amide bonds. The predicted octanol–water partition coefficient (Wildman–Crippen LogP) is 4.09. The number of carbonyl (C=O) groups is 1. The van der Waals surface area contributed by atoms with Crippen molar-refractivity contribution in [2.45, 2.75) is 39.9 Å². The normalized spacial score (nSPS) is 12.5. The standard InChI is InChI=1S/C21H22F3N5O3/c1-5-29(13(3)11-31-17-10-25-16(9-26-17)21(22,23)24)20(30)15-8-6-7-12(2)18(15)19-28-27-14(4)32-19/h6-10,13H,5,11H2,1-4H3/t13-/m0/s1. The molecule has 170 valence electrons. The van der Waals surface area contributed by atoms with E-state index in [4.69, 9.17) is 9.15 Å². The van der Waals surface area contributed by atoms with Crippen LogP contribution in [0.4, 0.5) is 13.2 Å². The molecule has 0 radical (unpaired) electrons. The van der Waals surface area contributed by atoms with Crippen molar-refractivity contribution >= 4 is 5.91 Å². The van der Waals surface area contributed by atoms with Gasteiger partial charge in [-0.3, -0.25) is 4.79 Å². The minimum Gasteiger partial charge on any atom is -0.474 e. The summed E-state index contributed by atoms with van der Waals surface area (Å²) >= 11 is 0. The van der Waals surface area contributed by atoms with E-state index >= 15 is 0 Å². The molecule has 0 aliphatic carbocycles. The number of halogens is 3. The third kappa shape index (κ3) is 5.04. The second kappa shape index (κ2) is 9.33. The van der Waals surface area contributed by atoms with Gasteiger partial charge in [0.1, 0.15) is 6.61 Å². The number of likely N-dealkylation sites (N-methyl/N-ethyl adjacent to an activating group) is 1. The van der Waals surface area contributed by atoms with Gasteiger partial charge in [-0.25, -0.2) is 9.97 Å². The summed E-state index contributed by atoms with van der Waals surface area (Å²) in [5, 5.41) is 7.89. The lowest BCUT2D eigenvalue weighted by Gasteiger charge is -2.28. The predicted molar refractivity (Wildman–Crippen MR) is 108 cm³/mol. The van der Waals surface area contributed by atoms with Crippen molar-refractivity contribution in [1.82, 2.24) is 25.1 Å². The average Bonchev–Trinajstić information content (AvgIpc) is 3.18. The van der Waals surface area contributed by atoms with E-state index in [2.05, 4.69) is 20.2 Å². The number of rotatable bonds is 7. The van der Waals surface area contributed by atoms with Gasteiger partial charge in [0.05, 0.1) is 29.6 Å². The highest BCUT2D eigenvalue weighted by molar-refractivity contribution is 6.00. The Bertz CT molecular complexity index is 1080. The van der Waals surface area contributed by atoms with E-state index in [1.54, 1.807) is 30.9 Å². The van der Waals surface area contributed by atoms with Gasteiger partial charge in [0.15, 0.2) is 5.69 Å². The lowest BCUT2D eigenvalue weighted by Crippen LogP contribution is -2.42. The number of nitrogens with zero attached hydrogens (tertiary/aromatic N) is 5. The van der Waals surface area contributed by atoms with Gasteiger partial charge in [-0.15, -0.1) is 10.2 Å². The third-order valence-electron chi connectivity index (χ3n) is 4.77. The minimum atomic E-state index is -4.58. The number of alkyl halides is 3. The minimum absolute atomic E-state index is 0.0143. The molecule has 2 aromatic heterocycles. The first-order valence-corrected chi connectivity index (χ1v) is 9.85. The lowest BCUT2D eigenvalue weighted by atomic mass is 10.00. The smallest absolute Gasteiger partial charge is 0.434 e. The van der Waals surface area contributed by atoms with Gasteiger partial charge in [-0.1, -0.05) is 12.1 Å². The Balaban J connectivity index is 1.77. The number of hydrogen-bond donors (Lipinski definition) is 0. The van der Waals surface area contributed by atoms with Crippen LogP contribution in [0, 0.1) is 13.8 Å². The first-order valence-electron chi connectivity index (χ1n) is 9.85. The van der Waals surface area contributed by atoms with Gasteiger partial charge in [-0.2, -0.15) is 13.2 Å². The summed E-state index contributed by atoms with van der Waals surface area (Å²) in [5.74, 6) is 0.306. The summed E-state index contributed by atoms with van der Waals surface area (Å²) in [6.45, 7) is 7.48. The number of hydrogen-bond acceptors (Lipinski definition) is 7. The quantitative estimate of drug-likeness (QED) is 0.536. The number of amides is 1. The molecule has 0 fully saturated rings. The van der Waals surface area contributed by atoms with E-state index in [1.165, 1.54) is 0 Å². The maximum atomic E-state index is 13.4. The molecular formula is C21H22F3N5O3. The fourth-order valence-electron chi connectivity index (χ4n) is 3.17. The Hall–Kier alpha value is -3.50. The van der Waals surface area contributed by atoms with Crippen molar-refractivity contribution in [2.75, 3.05) is 13.2 Å². The molecule has 2 heterocycles. The number of ether oxygens (including phenoxy) is 1. The van der Waals surface area contributed by atoms with Crippen molar-refractivity contribution in [3.8, 4) is 17.3 Å². The van der Waals surface area contributed by atoms with Crippen LogP contribution >= 0.6 is 0 Å². The Kier molecular flexibility index (Phi) is 6.75. The molecule has 1 atom stereocenters. The Morgan fingerprint density at radius 1 is 1.19 bits per heavy atom. The summed E-state index contributed by atoms with van der Waals surface area (Å²) in [4.78, 5) is 21.9. The molecule has 0 N–H and O–H groups in total. The highest BCUT2D eigenvalue weighted by Gasteiger charge is 2.33. The van der Waals surface area contributed by atoms with Crippen molar-refractivity contribution in [2.24, 2.45) is 0 Å². The van der Waals surface area contributed by atoms with Gasteiger partial charge in [0.2, 0.25) is 17.7 Å². The van der Waals surface area contributed by atoms with E-state index in [9.17, 15) is 18.0 Å². The van der Waals surface area contributed by atoms with Gasteiger partial charge in [0.25, 0.3) is 5.91 Å². The molecule has 0 aliphatic heterocycles. The van der Waals surface area contributed by atoms with E-state index in [-0.39, 0.29) is 24.3 Å². The summed E-state index contributed by atoms with van der Waals surface area (Å²) in [5.41, 5.74) is 0.654. The van der Waals surface area contributed by atoms with Crippen LogP contribution in [0.5, 0.6) is 5.88 Å². The van der Waals surface area contributed by atoms with E-state index < -0.39 is 17.9 Å². The molecule has 3 rings (SSSR count). The molecule has 3 aromatic rings. The van der Waals surface area contributed by atoms with Crippen LogP contribution in [-0.2, 0) is 6.18 Å². The van der Waals surface area contributed by atoms with Crippen LogP contribution in [0.15, 0.2) is 35.0 Å². The molecular weight excluding hydrogens is 427 g/mol. The summed E-state index contributed by atoms with van der Waals surface area (Å²) in [6, 6.07) is 4.89. The second-order valence-corrected chi connectivity index (χ2v) is 7.11. The molecule has 0 unspecified atom stereocenters. The van der Waals surface area contributed by atoms with Crippen LogP contribution in [0.1, 0.15) is 41.4 Å². The first-order chi connectivity index (χ1) is 15.1. The van der Waals surface area contributed by atoms with Crippen LogP contribution in [-0.4, -0.2) is 50.2 Å². The fourth-order valence-corrected chi connectivity index (χ4v) is 3.17. The SMILES string of the molecule is CCN(C(=O)c1cccc(C)c1-c1nnc(C)o1)[C@@H](C)COc1cnc(C(F)(F)F)cn1. The Morgan fingerprint density at radius 2 is 1.94 bits per heavy atom. The average molecular weight is 449 g/mol. The lowest BCUT2D eigenvalue weighted by molar-refractivity contribution is -0.141. The molecule has 0 saturated carbocycles. The Morgan fingerprint density at radius 3 is 2.50 bits per heavy atom. The fraction of sp³-hybridized carbons (Fsp3) is 0.381. The molecule has 32 heavy (non-hydrogen) atoms. The van der Waals surface area contributed by atoms with Crippen molar-refractivity contribution in [3.63, 3.8) is 0 Å². The zero-order valence-corrected chi connectivity index (χ0v) is 18.0. The monoisotopic (exact) mass is 449 g/mol. The third-order valence-corrected chi connectivity index (χ3v) is 4.77. The zero-order chi connectivity index (χ0) is 23.5. The molecule has 8 nitrogen and oxygen atoms in total. The van der Waals surface area contributed by atoms with Crippen molar-refractivity contribution in [3.05, 3.63) is 53.3 Å². The van der Waals surface area contributed by atoms with Gasteiger partial charge in [0, 0.05) is 13.5 Å². The van der Waals surface area contributed by atoms with Crippen LogP contribution in [0.3, 0.4) is 0 Å². The van der Waals surface area contributed by atoms with Gasteiger partial charge >= 0.3 is 6.18 Å². The maximum absolute atomic E-state index is 13.4. The summed E-state index contributed by atoms with van der Waals surface area (Å²) in [7, 11) is 0. The number of carbonyl (C=O) groups excluding carboxylic acids is 1. The molecule has 0 aliphatic rings. The van der Waals surface area contributed by atoms with E-state index in [0.717, 1.165) is 11.8 Å². The van der Waals surface area contributed by atoms with Crippen LogP contribution in [0.25, 0.3) is 11.5 Å². The van der Waals surface area contributed by atoms with E-state index in [1.807, 2.05) is 19.9 Å². The number of aromatic nitrogens is 4. The summed E-state index contributed by atoms with van der Waals surface area (Å²) in [6.07, 6.45) is -3.06. The first kappa shape index (κ1) is 23.2. The molecule has 0 bridgehead atoms. The maximum Gasteiger partial charge on any atom is 0.434 e. The Labute approximate surface area is 182 Å².